The summed E-state index contributed by atoms with van der Waals surface area (Å²) in [5.41, 5.74) is 0.890. The predicted molar refractivity (Wildman–Crippen MR) is 93.2 cm³/mol. The molecule has 0 aliphatic carbocycles. The number of carbonyl (C=O) groups excluding carboxylic acids is 3. The molecule has 0 spiro atoms. The number of hydrogen-bond donors (Lipinski definition) is 2. The van der Waals surface area contributed by atoms with Gasteiger partial charge in [-0.2, -0.15) is 0 Å². The minimum atomic E-state index is -0.987. The maximum absolute atomic E-state index is 11.9. The van der Waals surface area contributed by atoms with Crippen molar-refractivity contribution >= 4 is 23.6 Å². The summed E-state index contributed by atoms with van der Waals surface area (Å²) in [6.07, 6.45) is -0.771. The van der Waals surface area contributed by atoms with Crippen LogP contribution in [0.1, 0.15) is 24.7 Å². The minimum Gasteiger partial charge on any atom is -0.452 e. The molecule has 0 saturated heterocycles. The first-order valence-electron chi connectivity index (χ1n) is 8.18. The molecule has 0 saturated carbocycles. The Kier molecular flexibility index (Phi) is 6.90. The van der Waals surface area contributed by atoms with Crippen molar-refractivity contribution in [2.45, 2.75) is 32.8 Å². The van der Waals surface area contributed by atoms with Gasteiger partial charge in [0.2, 0.25) is 5.91 Å². The maximum Gasteiger partial charge on any atom is 0.308 e. The van der Waals surface area contributed by atoms with E-state index in [1.54, 1.807) is 13.0 Å². The number of ether oxygens (including phenoxy) is 1. The third-order valence-corrected chi connectivity index (χ3v) is 3.42. The van der Waals surface area contributed by atoms with Gasteiger partial charge in [-0.25, -0.2) is 0 Å². The summed E-state index contributed by atoms with van der Waals surface area (Å²) in [5, 5.41) is 8.75. The molecule has 0 fully saturated rings. The molecular weight excluding hydrogens is 338 g/mol. The van der Waals surface area contributed by atoms with E-state index in [4.69, 9.17) is 9.26 Å². The summed E-state index contributed by atoms with van der Waals surface area (Å²) in [6, 6.07) is 10.8. The Morgan fingerprint density at radius 3 is 2.62 bits per heavy atom. The van der Waals surface area contributed by atoms with Gasteiger partial charge in [0.25, 0.3) is 5.91 Å². The molecule has 1 heterocycles. The molecule has 1 aromatic carbocycles. The number of carbonyl (C=O) groups is 3. The third kappa shape index (κ3) is 6.39. The number of nitrogens with zero attached hydrogens (tertiary/aromatic N) is 1. The van der Waals surface area contributed by atoms with Crippen molar-refractivity contribution < 1.29 is 23.6 Å². The van der Waals surface area contributed by atoms with Gasteiger partial charge in [0.1, 0.15) is 5.76 Å². The lowest BCUT2D eigenvalue weighted by molar-refractivity contribution is -0.153. The number of rotatable bonds is 8. The molecule has 0 aliphatic rings. The maximum atomic E-state index is 11.9. The molecule has 2 aromatic rings. The standard InChI is InChI=1S/C18H21N3O5/c1-12-10-15(21-26-12)20-18(24)13(2)25-17(23)8-9-19-16(22)11-14-6-4-3-5-7-14/h3-7,10,13H,8-9,11H2,1-2H3,(H,19,22)(H,20,21,24). The zero-order chi connectivity index (χ0) is 18.9. The molecule has 1 atom stereocenters. The van der Waals surface area contributed by atoms with Crippen molar-refractivity contribution in [1.29, 1.82) is 0 Å². The molecule has 2 amide bonds. The molecule has 0 bridgehead atoms. The van der Waals surface area contributed by atoms with Gasteiger partial charge in [-0.15, -0.1) is 0 Å². The van der Waals surface area contributed by atoms with Gasteiger partial charge in [-0.05, 0) is 19.4 Å². The Hall–Kier alpha value is -3.16. The summed E-state index contributed by atoms with van der Waals surface area (Å²) < 4.78 is 9.86. The quantitative estimate of drug-likeness (QED) is 0.693. The first-order valence-corrected chi connectivity index (χ1v) is 8.18. The molecule has 8 heteroatoms. The fourth-order valence-electron chi connectivity index (χ4n) is 2.11. The average molecular weight is 359 g/mol. The van der Waals surface area contributed by atoms with Gasteiger partial charge in [-0.3, -0.25) is 14.4 Å². The van der Waals surface area contributed by atoms with Crippen LogP contribution in [0.2, 0.25) is 0 Å². The summed E-state index contributed by atoms with van der Waals surface area (Å²) in [7, 11) is 0. The Labute approximate surface area is 150 Å². The van der Waals surface area contributed by atoms with Crippen LogP contribution in [0.15, 0.2) is 40.9 Å². The van der Waals surface area contributed by atoms with Crippen molar-refractivity contribution in [3.05, 3.63) is 47.7 Å². The van der Waals surface area contributed by atoms with E-state index in [-0.39, 0.29) is 31.1 Å². The third-order valence-electron chi connectivity index (χ3n) is 3.42. The zero-order valence-electron chi connectivity index (χ0n) is 14.7. The van der Waals surface area contributed by atoms with Gasteiger partial charge >= 0.3 is 5.97 Å². The van der Waals surface area contributed by atoms with E-state index in [9.17, 15) is 14.4 Å². The Morgan fingerprint density at radius 1 is 1.23 bits per heavy atom. The van der Waals surface area contributed by atoms with E-state index in [1.165, 1.54) is 6.92 Å². The van der Waals surface area contributed by atoms with Gasteiger partial charge in [0, 0.05) is 12.6 Å². The predicted octanol–water partition coefficient (Wildman–Crippen LogP) is 1.60. The van der Waals surface area contributed by atoms with Crippen LogP contribution in [0.4, 0.5) is 5.82 Å². The van der Waals surface area contributed by atoms with Gasteiger partial charge in [0.15, 0.2) is 11.9 Å². The topological polar surface area (TPSA) is 111 Å². The summed E-state index contributed by atoms with van der Waals surface area (Å²) in [6.45, 7) is 3.29. The fourth-order valence-corrected chi connectivity index (χ4v) is 2.11. The Balaban J connectivity index is 1.66. The van der Waals surface area contributed by atoms with Crippen molar-refractivity contribution in [2.75, 3.05) is 11.9 Å². The molecular formula is C18H21N3O5. The molecule has 8 nitrogen and oxygen atoms in total. The summed E-state index contributed by atoms with van der Waals surface area (Å²) in [5.74, 6) is -0.472. The lowest BCUT2D eigenvalue weighted by Crippen LogP contribution is -2.32. The first-order chi connectivity index (χ1) is 12.4. The number of hydrogen-bond acceptors (Lipinski definition) is 6. The van der Waals surface area contributed by atoms with E-state index >= 15 is 0 Å². The molecule has 138 valence electrons. The number of aromatic nitrogens is 1. The van der Waals surface area contributed by atoms with Crippen LogP contribution >= 0.6 is 0 Å². The largest absolute Gasteiger partial charge is 0.452 e. The summed E-state index contributed by atoms with van der Waals surface area (Å²) in [4.78, 5) is 35.5. The molecule has 1 unspecified atom stereocenters. The van der Waals surface area contributed by atoms with Crippen molar-refractivity contribution in [3.8, 4) is 0 Å². The fraction of sp³-hybridized carbons (Fsp3) is 0.333. The van der Waals surface area contributed by atoms with Crippen LogP contribution in [0.25, 0.3) is 0 Å². The van der Waals surface area contributed by atoms with E-state index < -0.39 is 18.0 Å². The number of aryl methyl sites for hydroxylation is 1. The van der Waals surface area contributed by atoms with E-state index in [2.05, 4.69) is 15.8 Å². The van der Waals surface area contributed by atoms with E-state index in [1.807, 2.05) is 30.3 Å². The second kappa shape index (κ2) is 9.36. The molecule has 0 aliphatic heterocycles. The van der Waals surface area contributed by atoms with Crippen molar-refractivity contribution in [2.24, 2.45) is 0 Å². The van der Waals surface area contributed by atoms with Crippen molar-refractivity contribution in [1.82, 2.24) is 10.5 Å². The number of anilines is 1. The average Bonchev–Trinajstić information content (AvgIpc) is 3.00. The van der Waals surface area contributed by atoms with Crippen LogP contribution in [0.3, 0.4) is 0 Å². The number of esters is 1. The highest BCUT2D eigenvalue weighted by Crippen LogP contribution is 2.08. The lowest BCUT2D eigenvalue weighted by atomic mass is 10.1. The first kappa shape index (κ1) is 19.2. The smallest absolute Gasteiger partial charge is 0.308 e. The van der Waals surface area contributed by atoms with Crippen LogP contribution in [-0.4, -0.2) is 35.6 Å². The van der Waals surface area contributed by atoms with Crippen LogP contribution in [0, 0.1) is 6.92 Å². The van der Waals surface area contributed by atoms with Crippen molar-refractivity contribution in [3.63, 3.8) is 0 Å². The highest BCUT2D eigenvalue weighted by atomic mass is 16.5. The Bertz CT molecular complexity index is 757. The Morgan fingerprint density at radius 2 is 1.96 bits per heavy atom. The number of benzene rings is 1. The van der Waals surface area contributed by atoms with Gasteiger partial charge < -0.3 is 19.9 Å². The van der Waals surface area contributed by atoms with E-state index in [0.29, 0.717) is 5.76 Å². The zero-order valence-corrected chi connectivity index (χ0v) is 14.7. The molecule has 2 rings (SSSR count). The molecule has 26 heavy (non-hydrogen) atoms. The van der Waals surface area contributed by atoms with E-state index in [0.717, 1.165) is 5.56 Å². The monoisotopic (exact) mass is 359 g/mol. The highest BCUT2D eigenvalue weighted by Gasteiger charge is 2.19. The second-order valence-corrected chi connectivity index (χ2v) is 5.71. The van der Waals surface area contributed by atoms with Crippen LogP contribution < -0.4 is 10.6 Å². The molecule has 0 radical (unpaired) electrons. The summed E-state index contributed by atoms with van der Waals surface area (Å²) >= 11 is 0. The second-order valence-electron chi connectivity index (χ2n) is 5.71. The molecule has 1 aromatic heterocycles. The number of nitrogens with one attached hydrogen (secondary N) is 2. The number of amides is 2. The van der Waals surface area contributed by atoms with Crippen LogP contribution in [0.5, 0.6) is 0 Å². The molecule has 2 N–H and O–H groups in total. The SMILES string of the molecule is Cc1cc(NC(=O)C(C)OC(=O)CCNC(=O)Cc2ccccc2)no1. The van der Waals surface area contributed by atoms with Gasteiger partial charge in [-0.1, -0.05) is 35.5 Å². The lowest BCUT2D eigenvalue weighted by Gasteiger charge is -2.12. The normalized spacial score (nSPS) is 11.5. The minimum absolute atomic E-state index is 0.0266. The highest BCUT2D eigenvalue weighted by molar-refractivity contribution is 5.94. The van der Waals surface area contributed by atoms with Gasteiger partial charge in [0.05, 0.1) is 12.8 Å². The van der Waals surface area contributed by atoms with Crippen LogP contribution in [-0.2, 0) is 25.5 Å².